The highest BCUT2D eigenvalue weighted by molar-refractivity contribution is 7.80. The molecule has 0 saturated carbocycles. The number of hydrogen-bond donors (Lipinski definition) is 3. The number of carbonyl (C=O) groups excluding carboxylic acids is 2. The largest absolute Gasteiger partial charge is 0.458 e. The Labute approximate surface area is 150 Å². The molecule has 7 nitrogen and oxygen atoms in total. The lowest BCUT2D eigenvalue weighted by Gasteiger charge is -2.26. The van der Waals surface area contributed by atoms with Gasteiger partial charge in [-0.2, -0.15) is 0 Å². The first-order valence-corrected chi connectivity index (χ1v) is 8.46. The van der Waals surface area contributed by atoms with Crippen LogP contribution in [0.2, 0.25) is 0 Å². The fourth-order valence-corrected chi connectivity index (χ4v) is 1.86. The van der Waals surface area contributed by atoms with E-state index in [-0.39, 0.29) is 5.11 Å². The van der Waals surface area contributed by atoms with Gasteiger partial charge in [-0.3, -0.25) is 0 Å². The van der Waals surface area contributed by atoms with Crippen molar-refractivity contribution in [3.63, 3.8) is 0 Å². The Balaban J connectivity index is 4.62. The minimum absolute atomic E-state index is 0.241. The van der Waals surface area contributed by atoms with Gasteiger partial charge >= 0.3 is 12.1 Å². The number of ether oxygens (including phenoxy) is 2. The number of nitrogens with one attached hydrogen (secondary N) is 2. The molecule has 0 aromatic carbocycles. The number of esters is 1. The van der Waals surface area contributed by atoms with Crippen molar-refractivity contribution in [2.75, 3.05) is 6.54 Å². The molecule has 0 spiro atoms. The second-order valence-corrected chi connectivity index (χ2v) is 7.96. The van der Waals surface area contributed by atoms with Gasteiger partial charge in [-0.1, -0.05) is 0 Å². The molecule has 0 fully saturated rings. The predicted octanol–water partition coefficient (Wildman–Crippen LogP) is 2.22. The average Bonchev–Trinajstić information content (AvgIpc) is 2.32. The summed E-state index contributed by atoms with van der Waals surface area (Å²) in [4.78, 5) is 24.2. The third kappa shape index (κ3) is 12.9. The van der Waals surface area contributed by atoms with Gasteiger partial charge < -0.3 is 25.8 Å². The number of amides is 1. The molecule has 0 saturated heterocycles. The standard InChI is InChI=1S/C16H31N3O4S/c1-15(2,3)22-12(20)11(9-7-8-10-18-13(17)24)19-14(21)23-16(4,5)6/h11H,7-10H2,1-6H3,(H,19,21)(H3,17,18,24)/t11-/m0/s1. The van der Waals surface area contributed by atoms with Gasteiger partial charge in [0.15, 0.2) is 5.11 Å². The first kappa shape index (κ1) is 22.4. The van der Waals surface area contributed by atoms with E-state index >= 15 is 0 Å². The molecule has 24 heavy (non-hydrogen) atoms. The molecule has 0 aliphatic heterocycles. The Kier molecular flexibility index (Phi) is 9.03. The molecule has 0 unspecified atom stereocenters. The van der Waals surface area contributed by atoms with Crippen molar-refractivity contribution in [3.05, 3.63) is 0 Å². The molecule has 0 heterocycles. The predicted molar refractivity (Wildman–Crippen MR) is 97.6 cm³/mol. The van der Waals surface area contributed by atoms with E-state index in [2.05, 4.69) is 10.6 Å². The van der Waals surface area contributed by atoms with Gasteiger partial charge in [0.05, 0.1) is 0 Å². The van der Waals surface area contributed by atoms with Gasteiger partial charge in [-0.15, -0.1) is 0 Å². The van der Waals surface area contributed by atoms with E-state index in [4.69, 9.17) is 27.4 Å². The molecular formula is C16H31N3O4S. The smallest absolute Gasteiger partial charge is 0.408 e. The van der Waals surface area contributed by atoms with Gasteiger partial charge in [-0.05, 0) is 73.0 Å². The normalized spacial score (nSPS) is 12.9. The lowest BCUT2D eigenvalue weighted by Crippen LogP contribution is -2.46. The monoisotopic (exact) mass is 361 g/mol. The Morgan fingerprint density at radius 3 is 2.04 bits per heavy atom. The second kappa shape index (κ2) is 9.66. The van der Waals surface area contributed by atoms with Gasteiger partial charge in [0.2, 0.25) is 0 Å². The molecule has 0 aliphatic carbocycles. The highest BCUT2D eigenvalue weighted by atomic mass is 32.1. The van der Waals surface area contributed by atoms with Crippen LogP contribution in [0.25, 0.3) is 0 Å². The van der Waals surface area contributed by atoms with Crippen molar-refractivity contribution < 1.29 is 19.1 Å². The first-order valence-electron chi connectivity index (χ1n) is 8.06. The van der Waals surface area contributed by atoms with Crippen molar-refractivity contribution in [2.45, 2.75) is 78.0 Å². The zero-order valence-electron chi connectivity index (χ0n) is 15.5. The van der Waals surface area contributed by atoms with E-state index in [1.807, 2.05) is 0 Å². The summed E-state index contributed by atoms with van der Waals surface area (Å²) in [6.07, 6.45) is 1.24. The molecule has 0 bridgehead atoms. The van der Waals surface area contributed by atoms with E-state index in [0.717, 1.165) is 6.42 Å². The number of alkyl carbamates (subject to hydrolysis) is 1. The number of hydrogen-bond acceptors (Lipinski definition) is 5. The minimum atomic E-state index is -0.760. The van der Waals surface area contributed by atoms with Gasteiger partial charge in [0, 0.05) is 6.54 Å². The van der Waals surface area contributed by atoms with Crippen molar-refractivity contribution in [2.24, 2.45) is 5.73 Å². The van der Waals surface area contributed by atoms with E-state index < -0.39 is 29.3 Å². The van der Waals surface area contributed by atoms with Crippen LogP contribution in [0.15, 0.2) is 0 Å². The topological polar surface area (TPSA) is 103 Å². The summed E-state index contributed by atoms with van der Waals surface area (Å²) >= 11 is 4.72. The van der Waals surface area contributed by atoms with Crippen molar-refractivity contribution in [1.29, 1.82) is 0 Å². The molecular weight excluding hydrogens is 330 g/mol. The van der Waals surface area contributed by atoms with Crippen LogP contribution >= 0.6 is 12.2 Å². The third-order valence-electron chi connectivity index (χ3n) is 2.60. The Morgan fingerprint density at radius 2 is 1.58 bits per heavy atom. The number of nitrogens with two attached hydrogens (primary N) is 1. The summed E-state index contributed by atoms with van der Waals surface area (Å²) in [5.41, 5.74) is 4.09. The minimum Gasteiger partial charge on any atom is -0.458 e. The summed E-state index contributed by atoms with van der Waals surface area (Å²) in [6, 6.07) is -0.760. The van der Waals surface area contributed by atoms with Crippen LogP contribution in [-0.4, -0.2) is 41.0 Å². The van der Waals surface area contributed by atoms with E-state index in [9.17, 15) is 9.59 Å². The van der Waals surface area contributed by atoms with Crippen LogP contribution in [0.5, 0.6) is 0 Å². The maximum absolute atomic E-state index is 12.3. The van der Waals surface area contributed by atoms with E-state index in [1.54, 1.807) is 41.5 Å². The molecule has 0 aromatic heterocycles. The molecule has 4 N–H and O–H groups in total. The summed E-state index contributed by atoms with van der Waals surface area (Å²) < 4.78 is 10.6. The van der Waals surface area contributed by atoms with Crippen LogP contribution in [0, 0.1) is 0 Å². The van der Waals surface area contributed by atoms with Crippen molar-refractivity contribution in [3.8, 4) is 0 Å². The van der Waals surface area contributed by atoms with Crippen LogP contribution in [-0.2, 0) is 14.3 Å². The molecule has 0 radical (unpaired) electrons. The number of rotatable bonds is 7. The molecule has 1 atom stereocenters. The Bertz CT molecular complexity index is 442. The summed E-state index contributed by atoms with van der Waals surface area (Å²) in [5.74, 6) is -0.476. The highest BCUT2D eigenvalue weighted by Gasteiger charge is 2.28. The molecule has 0 aliphatic rings. The SMILES string of the molecule is CC(C)(C)OC(=O)N[C@@H](CCCCNC(N)=S)C(=O)OC(C)(C)C. The summed E-state index contributed by atoms with van der Waals surface area (Å²) in [5, 5.41) is 5.67. The fraction of sp³-hybridized carbons (Fsp3) is 0.812. The molecule has 0 rings (SSSR count). The number of unbranched alkanes of at least 4 members (excludes halogenated alkanes) is 1. The van der Waals surface area contributed by atoms with Crippen LogP contribution in [0.1, 0.15) is 60.8 Å². The Morgan fingerprint density at radius 1 is 1.04 bits per heavy atom. The summed E-state index contributed by atoms with van der Waals surface area (Å²) in [7, 11) is 0. The first-order chi connectivity index (χ1) is 10.8. The maximum atomic E-state index is 12.3. The Hall–Kier alpha value is -1.57. The van der Waals surface area contributed by atoms with E-state index in [0.29, 0.717) is 19.4 Å². The van der Waals surface area contributed by atoms with Crippen molar-refractivity contribution in [1.82, 2.24) is 10.6 Å². The lowest BCUT2D eigenvalue weighted by atomic mass is 10.1. The zero-order chi connectivity index (χ0) is 19.0. The molecule has 8 heteroatoms. The third-order valence-corrected chi connectivity index (χ3v) is 2.75. The van der Waals surface area contributed by atoms with Gasteiger partial charge in [-0.25, -0.2) is 9.59 Å². The quantitative estimate of drug-likeness (QED) is 0.363. The maximum Gasteiger partial charge on any atom is 0.408 e. The highest BCUT2D eigenvalue weighted by Crippen LogP contribution is 2.13. The zero-order valence-corrected chi connectivity index (χ0v) is 16.3. The van der Waals surface area contributed by atoms with Gasteiger partial charge in [0.25, 0.3) is 0 Å². The van der Waals surface area contributed by atoms with Crippen LogP contribution < -0.4 is 16.4 Å². The van der Waals surface area contributed by atoms with Crippen LogP contribution in [0.4, 0.5) is 4.79 Å². The van der Waals surface area contributed by atoms with E-state index in [1.165, 1.54) is 0 Å². The van der Waals surface area contributed by atoms with Crippen LogP contribution in [0.3, 0.4) is 0 Å². The fourth-order valence-electron chi connectivity index (χ4n) is 1.76. The van der Waals surface area contributed by atoms with Crippen molar-refractivity contribution >= 4 is 29.4 Å². The molecule has 1 amide bonds. The second-order valence-electron chi connectivity index (χ2n) is 7.52. The molecule has 0 aromatic rings. The molecule has 140 valence electrons. The average molecular weight is 362 g/mol. The lowest BCUT2D eigenvalue weighted by molar-refractivity contribution is -0.157. The summed E-state index contributed by atoms with van der Waals surface area (Å²) in [6.45, 7) is 11.2. The number of carbonyl (C=O) groups is 2. The number of thiocarbonyl (C=S) groups is 1. The van der Waals surface area contributed by atoms with Gasteiger partial charge in [0.1, 0.15) is 17.2 Å².